The molecule has 1 aromatic heterocycles. The van der Waals surface area contributed by atoms with Crippen molar-refractivity contribution in [2.24, 2.45) is 0 Å². The molecule has 2 rings (SSSR count). The zero-order valence-electron chi connectivity index (χ0n) is 8.54. The standard InChI is InChI=1S/C11H16N2/c1-9-4-5-10(8-12-9)11(2)6-7-13(11)3/h4-5,8H,6-7H2,1-3H3/t11-/m1/s1. The van der Waals surface area contributed by atoms with Gasteiger partial charge in [-0.25, -0.2) is 0 Å². The highest BCUT2D eigenvalue weighted by molar-refractivity contribution is 5.24. The molecule has 0 unspecified atom stereocenters. The van der Waals surface area contributed by atoms with E-state index in [0.29, 0.717) is 0 Å². The van der Waals surface area contributed by atoms with Gasteiger partial charge < -0.3 is 0 Å². The topological polar surface area (TPSA) is 16.1 Å². The average Bonchev–Trinajstić information content (AvgIpc) is 2.15. The quantitative estimate of drug-likeness (QED) is 0.650. The second-order valence-electron chi connectivity index (χ2n) is 4.13. The molecule has 70 valence electrons. The average molecular weight is 176 g/mol. The monoisotopic (exact) mass is 176 g/mol. The molecular weight excluding hydrogens is 160 g/mol. The van der Waals surface area contributed by atoms with Crippen molar-refractivity contribution in [1.82, 2.24) is 9.88 Å². The Morgan fingerprint density at radius 1 is 1.46 bits per heavy atom. The van der Waals surface area contributed by atoms with E-state index in [-0.39, 0.29) is 5.54 Å². The fourth-order valence-corrected chi connectivity index (χ4v) is 1.82. The minimum atomic E-state index is 0.237. The molecule has 2 heteroatoms. The van der Waals surface area contributed by atoms with Crippen molar-refractivity contribution in [3.8, 4) is 0 Å². The zero-order valence-corrected chi connectivity index (χ0v) is 8.54. The first-order valence-corrected chi connectivity index (χ1v) is 4.77. The first-order valence-electron chi connectivity index (χ1n) is 4.77. The molecule has 0 N–H and O–H groups in total. The number of nitrogens with zero attached hydrogens (tertiary/aromatic N) is 2. The van der Waals surface area contributed by atoms with Gasteiger partial charge in [-0.05, 0) is 38.9 Å². The third-order valence-corrected chi connectivity index (χ3v) is 3.31. The fraction of sp³-hybridized carbons (Fsp3) is 0.545. The van der Waals surface area contributed by atoms with Gasteiger partial charge >= 0.3 is 0 Å². The lowest BCUT2D eigenvalue weighted by Crippen LogP contribution is -2.52. The first-order chi connectivity index (χ1) is 6.13. The summed E-state index contributed by atoms with van der Waals surface area (Å²) in [4.78, 5) is 6.71. The third kappa shape index (κ3) is 1.25. The van der Waals surface area contributed by atoms with Crippen LogP contribution in [0.4, 0.5) is 0 Å². The Hall–Kier alpha value is -0.890. The van der Waals surface area contributed by atoms with E-state index in [1.807, 2.05) is 13.1 Å². The van der Waals surface area contributed by atoms with Crippen LogP contribution in [0.5, 0.6) is 0 Å². The summed E-state index contributed by atoms with van der Waals surface area (Å²) < 4.78 is 0. The number of likely N-dealkylation sites (tertiary alicyclic amines) is 1. The van der Waals surface area contributed by atoms with Gasteiger partial charge in [0.1, 0.15) is 0 Å². The maximum atomic E-state index is 4.34. The van der Waals surface area contributed by atoms with E-state index in [9.17, 15) is 0 Å². The molecule has 0 bridgehead atoms. The summed E-state index contributed by atoms with van der Waals surface area (Å²) in [5.74, 6) is 0. The Bertz CT molecular complexity index is 304. The van der Waals surface area contributed by atoms with E-state index in [0.717, 1.165) is 5.69 Å². The number of hydrogen-bond donors (Lipinski definition) is 0. The third-order valence-electron chi connectivity index (χ3n) is 3.31. The zero-order chi connectivity index (χ0) is 9.47. The maximum Gasteiger partial charge on any atom is 0.0456 e. The second kappa shape index (κ2) is 2.81. The second-order valence-corrected chi connectivity index (χ2v) is 4.13. The molecule has 1 fully saturated rings. The van der Waals surface area contributed by atoms with Crippen LogP contribution in [0, 0.1) is 6.92 Å². The van der Waals surface area contributed by atoms with Crippen LogP contribution in [0.15, 0.2) is 18.3 Å². The van der Waals surface area contributed by atoms with Crippen molar-refractivity contribution in [2.45, 2.75) is 25.8 Å². The lowest BCUT2D eigenvalue weighted by molar-refractivity contribution is 0.0240. The van der Waals surface area contributed by atoms with Crippen molar-refractivity contribution < 1.29 is 0 Å². The van der Waals surface area contributed by atoms with Crippen molar-refractivity contribution in [2.75, 3.05) is 13.6 Å². The highest BCUT2D eigenvalue weighted by atomic mass is 15.2. The predicted octanol–water partition coefficient (Wildman–Crippen LogP) is 1.94. The Labute approximate surface area is 79.6 Å². The van der Waals surface area contributed by atoms with Crippen molar-refractivity contribution >= 4 is 0 Å². The number of aryl methyl sites for hydroxylation is 1. The number of aromatic nitrogens is 1. The lowest BCUT2D eigenvalue weighted by Gasteiger charge is -2.48. The minimum Gasteiger partial charge on any atom is -0.297 e. The smallest absolute Gasteiger partial charge is 0.0456 e. The summed E-state index contributed by atoms with van der Waals surface area (Å²) >= 11 is 0. The molecule has 0 radical (unpaired) electrons. The molecule has 1 aromatic rings. The van der Waals surface area contributed by atoms with Crippen LogP contribution in [-0.4, -0.2) is 23.5 Å². The maximum absolute atomic E-state index is 4.34. The molecule has 0 saturated carbocycles. The van der Waals surface area contributed by atoms with Gasteiger partial charge in [0, 0.05) is 24.0 Å². The molecule has 1 saturated heterocycles. The summed E-state index contributed by atoms with van der Waals surface area (Å²) in [6.07, 6.45) is 3.25. The summed E-state index contributed by atoms with van der Waals surface area (Å²) in [5, 5.41) is 0. The number of pyridine rings is 1. The van der Waals surface area contributed by atoms with Crippen LogP contribution >= 0.6 is 0 Å². The predicted molar refractivity (Wildman–Crippen MR) is 53.6 cm³/mol. The Balaban J connectivity index is 2.30. The molecule has 13 heavy (non-hydrogen) atoms. The van der Waals surface area contributed by atoms with Gasteiger partial charge in [0.25, 0.3) is 0 Å². The summed E-state index contributed by atoms with van der Waals surface area (Å²) in [7, 11) is 2.17. The largest absolute Gasteiger partial charge is 0.297 e. The Morgan fingerprint density at radius 2 is 2.23 bits per heavy atom. The van der Waals surface area contributed by atoms with Crippen LogP contribution in [0.25, 0.3) is 0 Å². The van der Waals surface area contributed by atoms with E-state index in [2.05, 4.69) is 36.0 Å². The minimum absolute atomic E-state index is 0.237. The molecule has 2 heterocycles. The molecule has 0 spiro atoms. The molecule has 1 aliphatic heterocycles. The van der Waals surface area contributed by atoms with Gasteiger partial charge in [-0.1, -0.05) is 6.07 Å². The highest BCUT2D eigenvalue weighted by Crippen LogP contribution is 2.37. The summed E-state index contributed by atoms with van der Waals surface area (Å²) in [6.45, 7) is 5.50. The Kier molecular flexibility index (Phi) is 1.88. The van der Waals surface area contributed by atoms with Crippen LogP contribution in [0.3, 0.4) is 0 Å². The normalized spacial score (nSPS) is 28.5. The van der Waals surface area contributed by atoms with Crippen LogP contribution in [0.1, 0.15) is 24.6 Å². The fourth-order valence-electron chi connectivity index (χ4n) is 1.82. The summed E-state index contributed by atoms with van der Waals surface area (Å²) in [5.41, 5.74) is 2.67. The highest BCUT2D eigenvalue weighted by Gasteiger charge is 2.39. The van der Waals surface area contributed by atoms with Crippen molar-refractivity contribution in [3.05, 3.63) is 29.6 Å². The van der Waals surface area contributed by atoms with Gasteiger partial charge in [-0.3, -0.25) is 9.88 Å². The molecule has 2 nitrogen and oxygen atoms in total. The van der Waals surface area contributed by atoms with E-state index in [1.165, 1.54) is 18.5 Å². The van der Waals surface area contributed by atoms with Crippen LogP contribution in [0.2, 0.25) is 0 Å². The van der Waals surface area contributed by atoms with Gasteiger partial charge in [-0.2, -0.15) is 0 Å². The first kappa shape index (κ1) is 8.70. The van der Waals surface area contributed by atoms with E-state index >= 15 is 0 Å². The van der Waals surface area contributed by atoms with Crippen LogP contribution < -0.4 is 0 Å². The summed E-state index contributed by atoms with van der Waals surface area (Å²) in [6, 6.07) is 4.28. The van der Waals surface area contributed by atoms with Crippen molar-refractivity contribution in [1.29, 1.82) is 0 Å². The van der Waals surface area contributed by atoms with E-state index in [1.54, 1.807) is 0 Å². The Morgan fingerprint density at radius 3 is 2.62 bits per heavy atom. The van der Waals surface area contributed by atoms with Crippen molar-refractivity contribution in [3.63, 3.8) is 0 Å². The number of rotatable bonds is 1. The molecular formula is C11H16N2. The SMILES string of the molecule is Cc1ccc([C@@]2(C)CCN2C)cn1. The van der Waals surface area contributed by atoms with Gasteiger partial charge in [0.15, 0.2) is 0 Å². The van der Waals surface area contributed by atoms with E-state index in [4.69, 9.17) is 0 Å². The van der Waals surface area contributed by atoms with E-state index < -0.39 is 0 Å². The molecule has 0 amide bonds. The van der Waals surface area contributed by atoms with Gasteiger partial charge in [-0.15, -0.1) is 0 Å². The van der Waals surface area contributed by atoms with Crippen LogP contribution in [-0.2, 0) is 5.54 Å². The van der Waals surface area contributed by atoms with Gasteiger partial charge in [0.05, 0.1) is 0 Å². The molecule has 1 aliphatic rings. The van der Waals surface area contributed by atoms with Gasteiger partial charge in [0.2, 0.25) is 0 Å². The number of hydrogen-bond acceptors (Lipinski definition) is 2. The molecule has 0 aliphatic carbocycles. The lowest BCUT2D eigenvalue weighted by atomic mass is 9.81. The molecule has 1 atom stereocenters. The molecule has 0 aromatic carbocycles.